The number of rotatable bonds is 7. The van der Waals surface area contributed by atoms with Gasteiger partial charge in [0.15, 0.2) is 0 Å². The van der Waals surface area contributed by atoms with E-state index in [0.717, 1.165) is 31.5 Å². The fourth-order valence-corrected chi connectivity index (χ4v) is 3.62. The van der Waals surface area contributed by atoms with Crippen molar-refractivity contribution in [2.45, 2.75) is 18.9 Å². The molecule has 2 aliphatic rings. The van der Waals surface area contributed by atoms with Gasteiger partial charge in [0, 0.05) is 36.8 Å². The summed E-state index contributed by atoms with van der Waals surface area (Å²) in [6, 6.07) is 13.3. The molecule has 2 amide bonds. The lowest BCUT2D eigenvalue weighted by molar-refractivity contribution is -0.117. The van der Waals surface area contributed by atoms with E-state index in [1.807, 2.05) is 0 Å². The zero-order valence-electron chi connectivity index (χ0n) is 16.8. The molecule has 1 heterocycles. The summed E-state index contributed by atoms with van der Waals surface area (Å²) in [5, 5.41) is 5.86. The summed E-state index contributed by atoms with van der Waals surface area (Å²) in [5.74, 6) is -0.288. The minimum absolute atomic E-state index is 0.0415. The molecule has 1 atom stereocenters. The zero-order chi connectivity index (χ0) is 20.9. The normalized spacial score (nSPS) is 17.9. The predicted molar refractivity (Wildman–Crippen MR) is 112 cm³/mol. The third-order valence-corrected chi connectivity index (χ3v) is 5.56. The molecule has 0 radical (unpaired) electrons. The monoisotopic (exact) mass is 411 g/mol. The van der Waals surface area contributed by atoms with Gasteiger partial charge in [-0.3, -0.25) is 14.5 Å². The molecule has 7 heteroatoms. The van der Waals surface area contributed by atoms with Crippen LogP contribution in [0.1, 0.15) is 34.8 Å². The summed E-state index contributed by atoms with van der Waals surface area (Å²) in [5.41, 5.74) is 2.18. The number of ether oxygens (including phenoxy) is 1. The van der Waals surface area contributed by atoms with Gasteiger partial charge in [0.25, 0.3) is 5.91 Å². The van der Waals surface area contributed by atoms with E-state index in [2.05, 4.69) is 15.5 Å². The Morgan fingerprint density at radius 2 is 1.70 bits per heavy atom. The highest BCUT2D eigenvalue weighted by atomic mass is 19.1. The quantitative estimate of drug-likeness (QED) is 0.735. The molecule has 1 saturated carbocycles. The van der Waals surface area contributed by atoms with E-state index in [1.54, 1.807) is 36.4 Å². The Morgan fingerprint density at radius 3 is 2.33 bits per heavy atom. The topological polar surface area (TPSA) is 70.7 Å². The first-order valence-electron chi connectivity index (χ1n) is 10.4. The van der Waals surface area contributed by atoms with Crippen molar-refractivity contribution in [3.63, 3.8) is 0 Å². The number of morpholine rings is 1. The van der Waals surface area contributed by atoms with Crippen molar-refractivity contribution in [1.82, 2.24) is 10.2 Å². The van der Waals surface area contributed by atoms with Gasteiger partial charge in [-0.15, -0.1) is 0 Å². The van der Waals surface area contributed by atoms with E-state index in [4.69, 9.17) is 4.74 Å². The van der Waals surface area contributed by atoms with Crippen LogP contribution >= 0.6 is 0 Å². The van der Waals surface area contributed by atoms with Gasteiger partial charge in [-0.05, 0) is 54.8 Å². The van der Waals surface area contributed by atoms with Gasteiger partial charge in [-0.1, -0.05) is 12.1 Å². The van der Waals surface area contributed by atoms with E-state index in [0.29, 0.717) is 31.0 Å². The van der Waals surface area contributed by atoms with Crippen molar-refractivity contribution < 1.29 is 18.7 Å². The summed E-state index contributed by atoms with van der Waals surface area (Å²) in [6.45, 7) is 3.20. The molecular formula is C23H26FN3O3. The fourth-order valence-electron chi connectivity index (χ4n) is 3.62. The lowest BCUT2D eigenvalue weighted by Gasteiger charge is -2.35. The number of amides is 2. The molecule has 4 rings (SSSR count). The molecule has 2 aromatic rings. The van der Waals surface area contributed by atoms with E-state index in [9.17, 15) is 14.0 Å². The standard InChI is InChI=1S/C23H26FN3O3/c24-19-7-3-16(4-8-19)21(27-11-13-30-14-12-27)15-25-22(28)17-5-9-20(10-6-17)26-23(29)18-1-2-18/h3-10,18,21H,1-2,11-15H2,(H,25,28)(H,26,29). The van der Waals surface area contributed by atoms with Gasteiger partial charge in [0.1, 0.15) is 5.82 Å². The highest BCUT2D eigenvalue weighted by Gasteiger charge is 2.29. The minimum atomic E-state index is -0.280. The number of nitrogens with zero attached hydrogens (tertiary/aromatic N) is 1. The summed E-state index contributed by atoms with van der Waals surface area (Å²) in [4.78, 5) is 26.8. The number of anilines is 1. The number of hydrogen-bond acceptors (Lipinski definition) is 4. The number of benzene rings is 2. The van der Waals surface area contributed by atoms with Gasteiger partial charge in [-0.25, -0.2) is 4.39 Å². The van der Waals surface area contributed by atoms with Crippen molar-refractivity contribution in [3.8, 4) is 0 Å². The number of hydrogen-bond donors (Lipinski definition) is 2. The maximum atomic E-state index is 13.4. The van der Waals surface area contributed by atoms with E-state index in [1.165, 1.54) is 12.1 Å². The summed E-state index contributed by atoms with van der Waals surface area (Å²) < 4.78 is 18.8. The van der Waals surface area contributed by atoms with Crippen LogP contribution in [0.4, 0.5) is 10.1 Å². The molecule has 1 aliphatic carbocycles. The van der Waals surface area contributed by atoms with Crippen LogP contribution in [0.25, 0.3) is 0 Å². The van der Waals surface area contributed by atoms with Gasteiger partial charge in [-0.2, -0.15) is 0 Å². The Kier molecular flexibility index (Phi) is 6.40. The van der Waals surface area contributed by atoms with E-state index >= 15 is 0 Å². The van der Waals surface area contributed by atoms with Crippen LogP contribution < -0.4 is 10.6 Å². The molecule has 0 aromatic heterocycles. The highest BCUT2D eigenvalue weighted by molar-refractivity contribution is 5.96. The van der Waals surface area contributed by atoms with Crippen LogP contribution in [0.2, 0.25) is 0 Å². The molecule has 2 aromatic carbocycles. The third kappa shape index (κ3) is 5.23. The van der Waals surface area contributed by atoms with Crippen LogP contribution in [0.3, 0.4) is 0 Å². The molecule has 30 heavy (non-hydrogen) atoms. The molecule has 0 bridgehead atoms. The Hall–Kier alpha value is -2.77. The van der Waals surface area contributed by atoms with E-state index < -0.39 is 0 Å². The largest absolute Gasteiger partial charge is 0.379 e. The van der Waals surface area contributed by atoms with Gasteiger partial charge in [0.05, 0.1) is 19.3 Å². The molecular weight excluding hydrogens is 385 g/mol. The first-order chi connectivity index (χ1) is 14.6. The molecule has 2 N–H and O–H groups in total. The van der Waals surface area contributed by atoms with Gasteiger partial charge >= 0.3 is 0 Å². The summed E-state index contributed by atoms with van der Waals surface area (Å²) in [7, 11) is 0. The Morgan fingerprint density at radius 1 is 1.03 bits per heavy atom. The second kappa shape index (κ2) is 9.36. The molecule has 1 aliphatic heterocycles. The van der Waals surface area contributed by atoms with Crippen molar-refractivity contribution in [3.05, 3.63) is 65.5 Å². The molecule has 2 fully saturated rings. The lowest BCUT2D eigenvalue weighted by Crippen LogP contribution is -2.43. The third-order valence-electron chi connectivity index (χ3n) is 5.56. The summed E-state index contributed by atoms with van der Waals surface area (Å²) >= 11 is 0. The number of nitrogens with one attached hydrogen (secondary N) is 2. The second-order valence-electron chi connectivity index (χ2n) is 7.77. The predicted octanol–water partition coefficient (Wildman–Crippen LogP) is 2.98. The number of carbonyl (C=O) groups is 2. The molecule has 6 nitrogen and oxygen atoms in total. The first-order valence-corrected chi connectivity index (χ1v) is 10.4. The van der Waals surface area contributed by atoms with Crippen molar-refractivity contribution in [2.75, 3.05) is 38.2 Å². The average molecular weight is 411 g/mol. The minimum Gasteiger partial charge on any atom is -0.379 e. The number of carbonyl (C=O) groups excluding carboxylic acids is 2. The Labute approximate surface area is 175 Å². The van der Waals surface area contributed by atoms with Crippen molar-refractivity contribution in [1.29, 1.82) is 0 Å². The highest BCUT2D eigenvalue weighted by Crippen LogP contribution is 2.30. The van der Waals surface area contributed by atoms with Crippen LogP contribution in [-0.4, -0.2) is 49.6 Å². The lowest BCUT2D eigenvalue weighted by atomic mass is 10.0. The summed E-state index contributed by atoms with van der Waals surface area (Å²) in [6.07, 6.45) is 1.90. The SMILES string of the molecule is O=C(NCC(c1ccc(F)cc1)N1CCOCC1)c1ccc(NC(=O)C2CC2)cc1. The maximum absolute atomic E-state index is 13.4. The van der Waals surface area contributed by atoms with E-state index in [-0.39, 0.29) is 29.6 Å². The van der Waals surface area contributed by atoms with Gasteiger partial charge in [0.2, 0.25) is 5.91 Å². The fraction of sp³-hybridized carbons (Fsp3) is 0.391. The smallest absolute Gasteiger partial charge is 0.251 e. The first kappa shape index (κ1) is 20.5. The Balaban J connectivity index is 1.38. The van der Waals surface area contributed by atoms with Crippen LogP contribution in [0.5, 0.6) is 0 Å². The molecule has 1 unspecified atom stereocenters. The molecule has 1 saturated heterocycles. The van der Waals surface area contributed by atoms with Crippen molar-refractivity contribution >= 4 is 17.5 Å². The number of halogens is 1. The molecule has 158 valence electrons. The van der Waals surface area contributed by atoms with Gasteiger partial charge < -0.3 is 15.4 Å². The molecule has 0 spiro atoms. The Bertz CT molecular complexity index is 876. The average Bonchev–Trinajstić information content (AvgIpc) is 3.62. The van der Waals surface area contributed by atoms with Crippen LogP contribution in [0, 0.1) is 11.7 Å². The zero-order valence-corrected chi connectivity index (χ0v) is 16.8. The van der Waals surface area contributed by atoms with Crippen molar-refractivity contribution in [2.24, 2.45) is 5.92 Å². The maximum Gasteiger partial charge on any atom is 0.251 e. The van der Waals surface area contributed by atoms with Crippen LogP contribution in [0.15, 0.2) is 48.5 Å². The second-order valence-corrected chi connectivity index (χ2v) is 7.77. The van der Waals surface area contributed by atoms with Crippen LogP contribution in [-0.2, 0) is 9.53 Å².